The Morgan fingerprint density at radius 2 is 0.857 bits per heavy atom. The van der Waals surface area contributed by atoms with Gasteiger partial charge in [-0.05, 0) is 6.42 Å². The summed E-state index contributed by atoms with van der Waals surface area (Å²) in [5.41, 5.74) is 0. The second-order valence-electron chi connectivity index (χ2n) is 6.52. The van der Waals surface area contributed by atoms with Crippen LogP contribution in [-0.2, 0) is 4.46 Å². The van der Waals surface area contributed by atoms with Gasteiger partial charge in [-0.2, -0.15) is 0 Å². The van der Waals surface area contributed by atoms with Crippen molar-refractivity contribution in [3.8, 4) is 0 Å². The number of rotatable bonds is 17. The summed E-state index contributed by atoms with van der Waals surface area (Å²) >= 11 is 0. The van der Waals surface area contributed by atoms with E-state index >= 15 is 0 Å². The molecule has 0 aliphatic carbocycles. The maximum atomic E-state index is 10.8. The highest BCUT2D eigenvalue weighted by Gasteiger charge is 1.97. The van der Waals surface area contributed by atoms with Crippen molar-refractivity contribution in [2.45, 2.75) is 116 Å². The van der Waals surface area contributed by atoms with E-state index in [1.807, 2.05) is 0 Å². The molecule has 0 saturated carbocycles. The van der Waals surface area contributed by atoms with E-state index in [-0.39, 0.29) is 0 Å². The van der Waals surface area contributed by atoms with Crippen LogP contribution in [0.4, 0.5) is 0 Å². The van der Waals surface area contributed by atoms with E-state index in [2.05, 4.69) is 6.92 Å². The predicted molar refractivity (Wildman–Crippen MR) is 95.0 cm³/mol. The van der Waals surface area contributed by atoms with Gasteiger partial charge in [-0.15, -0.1) is 0 Å². The van der Waals surface area contributed by atoms with Crippen LogP contribution in [0.3, 0.4) is 0 Å². The van der Waals surface area contributed by atoms with Crippen LogP contribution in [0.1, 0.15) is 110 Å². The van der Waals surface area contributed by atoms with E-state index in [0.29, 0.717) is 0 Å². The molecule has 0 unspecified atom stereocenters. The lowest BCUT2D eigenvalue weighted by Gasteiger charge is -2.03. The van der Waals surface area contributed by atoms with Gasteiger partial charge in [0.1, 0.15) is 0 Å². The molecule has 2 N–H and O–H groups in total. The number of hydrogen-bond acceptors (Lipinski definition) is 1. The highest BCUT2D eigenvalue weighted by Crippen LogP contribution is 2.13. The molecule has 0 saturated heterocycles. The quantitative estimate of drug-likeness (QED) is 0.259. The standard InChI is InChI=1S/C18H39NOSi/c1-2-3-4-5-6-7-8-9-10-11-12-13-14-15-16-17-18-21(19)20/h2-19H2,1H3. The Bertz CT molecular complexity index is 221. The second-order valence-corrected chi connectivity index (χ2v) is 7.95. The van der Waals surface area contributed by atoms with Gasteiger partial charge in [0.2, 0.25) is 0 Å². The fourth-order valence-corrected chi connectivity index (χ4v) is 3.45. The number of hydrogen-bond donors (Lipinski definition) is 1. The summed E-state index contributed by atoms with van der Waals surface area (Å²) in [6.07, 6.45) is 22.0. The van der Waals surface area contributed by atoms with E-state index in [0.717, 1.165) is 12.5 Å². The molecule has 0 aliphatic rings. The molecule has 0 spiro atoms. The molecule has 126 valence electrons. The largest absolute Gasteiger partial charge is 0.403 e. The Hall–Kier alpha value is -0.183. The minimum absolute atomic E-state index is 0.753. The van der Waals surface area contributed by atoms with Crippen molar-refractivity contribution in [3.63, 3.8) is 0 Å². The zero-order chi connectivity index (χ0) is 15.6. The lowest BCUT2D eigenvalue weighted by atomic mass is 10.0. The van der Waals surface area contributed by atoms with Gasteiger partial charge >= 0.3 is 8.84 Å². The van der Waals surface area contributed by atoms with Crippen molar-refractivity contribution in [1.82, 2.24) is 0 Å². The lowest BCUT2D eigenvalue weighted by Crippen LogP contribution is -2.12. The lowest BCUT2D eigenvalue weighted by molar-refractivity contribution is 0.529. The van der Waals surface area contributed by atoms with E-state index < -0.39 is 8.84 Å². The maximum Gasteiger partial charge on any atom is 0.389 e. The van der Waals surface area contributed by atoms with Crippen LogP contribution in [0.15, 0.2) is 0 Å². The van der Waals surface area contributed by atoms with E-state index in [1.165, 1.54) is 96.3 Å². The molecule has 0 aromatic carbocycles. The fraction of sp³-hybridized carbons (Fsp3) is 1.00. The van der Waals surface area contributed by atoms with Crippen LogP contribution in [0.25, 0.3) is 0 Å². The molecular weight excluding hydrogens is 274 g/mol. The highest BCUT2D eigenvalue weighted by atomic mass is 28.3. The zero-order valence-electron chi connectivity index (χ0n) is 14.5. The number of unbranched alkanes of at least 4 members (excludes halogenated alkanes) is 15. The SMILES string of the molecule is CCCCCCCCCCCCCCCCCC[Si](N)=O. The topological polar surface area (TPSA) is 43.1 Å². The van der Waals surface area contributed by atoms with Gasteiger partial charge in [-0.25, -0.2) is 0 Å². The van der Waals surface area contributed by atoms with Gasteiger partial charge in [-0.3, -0.25) is 0 Å². The first kappa shape index (κ1) is 20.8. The first-order chi connectivity index (χ1) is 10.3. The van der Waals surface area contributed by atoms with Crippen LogP contribution in [-0.4, -0.2) is 8.84 Å². The molecule has 21 heavy (non-hydrogen) atoms. The van der Waals surface area contributed by atoms with Crippen molar-refractivity contribution in [2.24, 2.45) is 5.40 Å². The molecule has 0 rings (SSSR count). The van der Waals surface area contributed by atoms with E-state index in [4.69, 9.17) is 5.40 Å². The first-order valence-electron chi connectivity index (χ1n) is 9.55. The van der Waals surface area contributed by atoms with Crippen LogP contribution in [0, 0.1) is 0 Å². The molecule has 0 heterocycles. The minimum Gasteiger partial charge on any atom is -0.403 e. The average Bonchev–Trinajstić information content (AvgIpc) is 2.46. The minimum atomic E-state index is -1.70. The maximum absolute atomic E-state index is 10.8. The van der Waals surface area contributed by atoms with Gasteiger partial charge in [0.05, 0.1) is 0 Å². The summed E-state index contributed by atoms with van der Waals surface area (Å²) in [6.45, 7) is 2.28. The fourth-order valence-electron chi connectivity index (χ4n) is 2.85. The molecule has 0 aliphatic heterocycles. The van der Waals surface area contributed by atoms with Crippen LogP contribution in [0.2, 0.25) is 6.04 Å². The Labute approximate surface area is 135 Å². The van der Waals surface area contributed by atoms with Gasteiger partial charge in [0, 0.05) is 6.04 Å². The van der Waals surface area contributed by atoms with Crippen molar-refractivity contribution in [1.29, 1.82) is 0 Å². The van der Waals surface area contributed by atoms with Gasteiger partial charge < -0.3 is 9.86 Å². The molecule has 0 radical (unpaired) electrons. The highest BCUT2D eigenvalue weighted by molar-refractivity contribution is 6.38. The van der Waals surface area contributed by atoms with Crippen molar-refractivity contribution < 1.29 is 4.46 Å². The molecule has 0 aromatic heterocycles. The smallest absolute Gasteiger partial charge is 0.389 e. The monoisotopic (exact) mass is 313 g/mol. The molecule has 0 amide bonds. The van der Waals surface area contributed by atoms with Gasteiger partial charge in [-0.1, -0.05) is 103 Å². The summed E-state index contributed by atoms with van der Waals surface area (Å²) in [4.78, 5) is 0. The zero-order valence-corrected chi connectivity index (χ0v) is 15.5. The summed E-state index contributed by atoms with van der Waals surface area (Å²) in [5.74, 6) is 0. The van der Waals surface area contributed by atoms with E-state index in [1.54, 1.807) is 0 Å². The summed E-state index contributed by atoms with van der Waals surface area (Å²) in [5, 5.41) is 5.30. The first-order valence-corrected chi connectivity index (χ1v) is 11.2. The third-order valence-corrected chi connectivity index (χ3v) is 5.12. The second kappa shape index (κ2) is 17.9. The van der Waals surface area contributed by atoms with Crippen LogP contribution >= 0.6 is 0 Å². The van der Waals surface area contributed by atoms with Crippen molar-refractivity contribution in [2.75, 3.05) is 0 Å². The van der Waals surface area contributed by atoms with Gasteiger partial charge in [0.15, 0.2) is 0 Å². The molecule has 0 atom stereocenters. The average molecular weight is 314 g/mol. The Morgan fingerprint density at radius 1 is 0.571 bits per heavy atom. The Morgan fingerprint density at radius 3 is 1.14 bits per heavy atom. The Balaban J connectivity index is 2.95. The molecule has 0 bridgehead atoms. The summed E-state index contributed by atoms with van der Waals surface area (Å²) < 4.78 is 10.8. The Kier molecular flexibility index (Phi) is 17.7. The predicted octanol–water partition coefficient (Wildman–Crippen LogP) is 6.13. The van der Waals surface area contributed by atoms with Crippen LogP contribution < -0.4 is 5.40 Å². The third-order valence-electron chi connectivity index (χ3n) is 4.28. The molecule has 3 heteroatoms. The summed E-state index contributed by atoms with van der Waals surface area (Å²) in [6, 6.07) is 0.753. The molecule has 0 fully saturated rings. The number of nitrogens with two attached hydrogens (primary N) is 1. The molecule has 2 nitrogen and oxygen atoms in total. The third kappa shape index (κ3) is 19.8. The molecular formula is C18H39NOSi. The van der Waals surface area contributed by atoms with Crippen LogP contribution in [0.5, 0.6) is 0 Å². The van der Waals surface area contributed by atoms with E-state index in [9.17, 15) is 4.46 Å². The summed E-state index contributed by atoms with van der Waals surface area (Å²) in [7, 11) is -1.70. The van der Waals surface area contributed by atoms with Gasteiger partial charge in [0.25, 0.3) is 0 Å². The van der Waals surface area contributed by atoms with Crippen molar-refractivity contribution >= 4 is 8.84 Å². The molecule has 0 aromatic rings. The van der Waals surface area contributed by atoms with Crippen molar-refractivity contribution in [3.05, 3.63) is 0 Å². The normalized spacial score (nSPS) is 10.9.